The van der Waals surface area contributed by atoms with Gasteiger partial charge in [0.2, 0.25) is 0 Å². The molecule has 0 bridgehead atoms. The van der Waals surface area contributed by atoms with Gasteiger partial charge in [-0.25, -0.2) is 4.99 Å². The first-order valence-electron chi connectivity index (χ1n) is 10.6. The van der Waals surface area contributed by atoms with Crippen LogP contribution in [0.15, 0.2) is 46.8 Å². The monoisotopic (exact) mass is 428 g/mol. The molecule has 1 amide bonds. The zero-order chi connectivity index (χ0) is 21.3. The van der Waals surface area contributed by atoms with E-state index in [1.165, 1.54) is 4.88 Å². The number of hydrogen-bond acceptors (Lipinski definition) is 4. The maximum Gasteiger partial charge on any atom is 0.254 e. The number of amides is 1. The van der Waals surface area contributed by atoms with Crippen molar-refractivity contribution in [2.45, 2.75) is 45.9 Å². The fourth-order valence-electron chi connectivity index (χ4n) is 3.55. The number of guanidine groups is 1. The summed E-state index contributed by atoms with van der Waals surface area (Å²) in [5.41, 5.74) is 1.79. The molecule has 30 heavy (non-hydrogen) atoms. The molecular formula is C23H32N4O2S. The molecule has 2 aromatic rings. The number of benzene rings is 1. The van der Waals surface area contributed by atoms with Crippen molar-refractivity contribution in [2.24, 2.45) is 4.99 Å². The SMILES string of the molecule is CCNC(=NCc1ccc(C(=O)N2CC(C)OC(C)C2)cc1)NCCc1cccs1. The van der Waals surface area contributed by atoms with Gasteiger partial charge >= 0.3 is 0 Å². The summed E-state index contributed by atoms with van der Waals surface area (Å²) >= 11 is 1.77. The van der Waals surface area contributed by atoms with Crippen molar-refractivity contribution in [3.63, 3.8) is 0 Å². The van der Waals surface area contributed by atoms with Crippen molar-refractivity contribution >= 4 is 23.2 Å². The second-order valence-corrected chi connectivity index (χ2v) is 8.65. The molecule has 1 aromatic carbocycles. The van der Waals surface area contributed by atoms with Crippen LogP contribution in [-0.2, 0) is 17.7 Å². The van der Waals surface area contributed by atoms with Gasteiger partial charge in [0.25, 0.3) is 5.91 Å². The average Bonchev–Trinajstić information content (AvgIpc) is 3.25. The molecule has 2 unspecified atom stereocenters. The molecule has 2 atom stereocenters. The number of ether oxygens (including phenoxy) is 1. The second-order valence-electron chi connectivity index (χ2n) is 7.62. The van der Waals surface area contributed by atoms with Crippen molar-refractivity contribution in [3.05, 3.63) is 57.8 Å². The van der Waals surface area contributed by atoms with E-state index in [4.69, 9.17) is 4.74 Å². The summed E-state index contributed by atoms with van der Waals surface area (Å²) in [6.45, 7) is 9.57. The first kappa shape index (κ1) is 22.3. The van der Waals surface area contributed by atoms with Crippen LogP contribution >= 0.6 is 11.3 Å². The van der Waals surface area contributed by atoms with Crippen LogP contribution in [0.1, 0.15) is 41.6 Å². The van der Waals surface area contributed by atoms with E-state index in [2.05, 4.69) is 40.1 Å². The molecule has 0 aliphatic carbocycles. The smallest absolute Gasteiger partial charge is 0.254 e. The molecular weight excluding hydrogens is 396 g/mol. The van der Waals surface area contributed by atoms with Crippen LogP contribution in [0.5, 0.6) is 0 Å². The molecule has 1 fully saturated rings. The van der Waals surface area contributed by atoms with Crippen LogP contribution in [-0.4, -0.2) is 55.2 Å². The van der Waals surface area contributed by atoms with Gasteiger partial charge in [-0.05, 0) is 56.3 Å². The van der Waals surface area contributed by atoms with Crippen molar-refractivity contribution in [2.75, 3.05) is 26.2 Å². The first-order valence-corrected chi connectivity index (χ1v) is 11.5. The molecule has 3 rings (SSSR count). The standard InChI is InChI=1S/C23H32N4O2S/c1-4-24-23(25-12-11-21-6-5-13-30-21)26-14-19-7-9-20(10-8-19)22(28)27-15-17(2)29-18(3)16-27/h5-10,13,17-18H,4,11-12,14-16H2,1-3H3,(H2,24,25,26). The Balaban J connectivity index is 1.54. The fourth-order valence-corrected chi connectivity index (χ4v) is 4.26. The second kappa shape index (κ2) is 11.1. The molecule has 162 valence electrons. The summed E-state index contributed by atoms with van der Waals surface area (Å²) in [5.74, 6) is 0.876. The van der Waals surface area contributed by atoms with Crippen LogP contribution in [0.25, 0.3) is 0 Å². The van der Waals surface area contributed by atoms with E-state index in [-0.39, 0.29) is 18.1 Å². The lowest BCUT2D eigenvalue weighted by Crippen LogP contribution is -2.48. The number of nitrogens with one attached hydrogen (secondary N) is 2. The highest BCUT2D eigenvalue weighted by molar-refractivity contribution is 7.09. The molecule has 2 N–H and O–H groups in total. The highest BCUT2D eigenvalue weighted by atomic mass is 32.1. The Bertz CT molecular complexity index is 810. The largest absolute Gasteiger partial charge is 0.372 e. The molecule has 0 saturated carbocycles. The minimum Gasteiger partial charge on any atom is -0.372 e. The highest BCUT2D eigenvalue weighted by Crippen LogP contribution is 2.15. The number of carbonyl (C=O) groups is 1. The predicted octanol–water partition coefficient (Wildman–Crippen LogP) is 3.30. The van der Waals surface area contributed by atoms with E-state index in [1.54, 1.807) is 11.3 Å². The number of thiophene rings is 1. The van der Waals surface area contributed by atoms with Gasteiger partial charge in [-0.2, -0.15) is 0 Å². The number of morpholine rings is 1. The number of aliphatic imine (C=N–C) groups is 1. The molecule has 1 aliphatic rings. The lowest BCUT2D eigenvalue weighted by atomic mass is 10.1. The molecule has 2 heterocycles. The summed E-state index contributed by atoms with van der Waals surface area (Å²) in [4.78, 5) is 20.7. The van der Waals surface area contributed by atoms with Crippen LogP contribution in [0.3, 0.4) is 0 Å². The van der Waals surface area contributed by atoms with Gasteiger partial charge in [-0.1, -0.05) is 18.2 Å². The maximum absolute atomic E-state index is 12.8. The molecule has 1 aromatic heterocycles. The normalized spacial score (nSPS) is 19.6. The molecule has 0 radical (unpaired) electrons. The minimum atomic E-state index is 0.0654. The topological polar surface area (TPSA) is 66.0 Å². The number of nitrogens with zero attached hydrogens (tertiary/aromatic N) is 2. The summed E-state index contributed by atoms with van der Waals surface area (Å²) in [6.07, 6.45) is 1.13. The zero-order valence-corrected chi connectivity index (χ0v) is 18.9. The van der Waals surface area contributed by atoms with Crippen LogP contribution in [0.4, 0.5) is 0 Å². The van der Waals surface area contributed by atoms with Crippen molar-refractivity contribution < 1.29 is 9.53 Å². The molecule has 1 aliphatic heterocycles. The van der Waals surface area contributed by atoms with Gasteiger partial charge in [0.1, 0.15) is 0 Å². The summed E-state index contributed by atoms with van der Waals surface area (Å²) in [5, 5.41) is 8.77. The third-order valence-corrected chi connectivity index (χ3v) is 5.85. The number of hydrogen-bond donors (Lipinski definition) is 2. The van der Waals surface area contributed by atoms with Crippen molar-refractivity contribution in [1.29, 1.82) is 0 Å². The summed E-state index contributed by atoms with van der Waals surface area (Å²) < 4.78 is 5.72. The van der Waals surface area contributed by atoms with Crippen LogP contribution in [0, 0.1) is 0 Å². The Morgan fingerprint density at radius 2 is 1.90 bits per heavy atom. The fraction of sp³-hybridized carbons (Fsp3) is 0.478. The third-order valence-electron chi connectivity index (χ3n) is 4.92. The van der Waals surface area contributed by atoms with Gasteiger partial charge in [0.05, 0.1) is 18.8 Å². The summed E-state index contributed by atoms with van der Waals surface area (Å²) in [6, 6.07) is 12.0. The minimum absolute atomic E-state index is 0.0654. The Kier molecular flexibility index (Phi) is 8.28. The molecule has 6 nitrogen and oxygen atoms in total. The van der Waals surface area contributed by atoms with E-state index >= 15 is 0 Å². The van der Waals surface area contributed by atoms with Crippen LogP contribution in [0.2, 0.25) is 0 Å². The third kappa shape index (κ3) is 6.57. The van der Waals surface area contributed by atoms with Crippen molar-refractivity contribution in [1.82, 2.24) is 15.5 Å². The zero-order valence-electron chi connectivity index (χ0n) is 18.1. The number of carbonyl (C=O) groups excluding carboxylic acids is 1. The van der Waals surface area contributed by atoms with E-state index in [9.17, 15) is 4.79 Å². The Labute approximate surface area is 183 Å². The van der Waals surface area contributed by atoms with E-state index in [0.717, 1.165) is 31.0 Å². The lowest BCUT2D eigenvalue weighted by molar-refractivity contribution is -0.0586. The number of rotatable bonds is 7. The quantitative estimate of drug-likeness (QED) is 0.525. The Morgan fingerprint density at radius 3 is 2.53 bits per heavy atom. The Morgan fingerprint density at radius 1 is 1.17 bits per heavy atom. The molecule has 1 saturated heterocycles. The van der Waals surface area contributed by atoms with Gasteiger partial charge in [-0.3, -0.25) is 4.79 Å². The van der Waals surface area contributed by atoms with Crippen LogP contribution < -0.4 is 10.6 Å². The van der Waals surface area contributed by atoms with E-state index in [0.29, 0.717) is 25.2 Å². The van der Waals surface area contributed by atoms with Gasteiger partial charge < -0.3 is 20.3 Å². The van der Waals surface area contributed by atoms with Gasteiger partial charge in [-0.15, -0.1) is 11.3 Å². The Hall–Kier alpha value is -2.38. The van der Waals surface area contributed by atoms with Gasteiger partial charge in [0, 0.05) is 36.6 Å². The maximum atomic E-state index is 12.8. The van der Waals surface area contributed by atoms with E-state index in [1.807, 2.05) is 43.0 Å². The first-order chi connectivity index (χ1) is 14.5. The van der Waals surface area contributed by atoms with Gasteiger partial charge in [0.15, 0.2) is 5.96 Å². The molecule has 0 spiro atoms. The summed E-state index contributed by atoms with van der Waals surface area (Å²) in [7, 11) is 0. The predicted molar refractivity (Wildman–Crippen MR) is 123 cm³/mol. The highest BCUT2D eigenvalue weighted by Gasteiger charge is 2.26. The average molecular weight is 429 g/mol. The molecule has 7 heteroatoms. The van der Waals surface area contributed by atoms with E-state index < -0.39 is 0 Å². The lowest BCUT2D eigenvalue weighted by Gasteiger charge is -2.35. The van der Waals surface area contributed by atoms with Crippen molar-refractivity contribution in [3.8, 4) is 0 Å².